The number of phenolic OH excluding ortho intramolecular Hbond substituents is 1. The Morgan fingerprint density at radius 3 is 2.44 bits per heavy atom. The highest BCUT2D eigenvalue weighted by molar-refractivity contribution is 7.95. The molecule has 3 nitrogen and oxygen atoms in total. The number of sulfone groups is 1. The third-order valence-corrected chi connectivity index (χ3v) is 5.01. The van der Waals surface area contributed by atoms with Crippen LogP contribution in [0.1, 0.15) is 25.3 Å². The normalized spacial score (nSPS) is 16.1. The molecule has 1 aliphatic rings. The fourth-order valence-electron chi connectivity index (χ4n) is 1.92. The second kappa shape index (κ2) is 4.61. The number of aromatic hydroxyl groups is 1. The van der Waals surface area contributed by atoms with Crippen molar-refractivity contribution >= 4 is 9.84 Å². The van der Waals surface area contributed by atoms with Crippen LogP contribution in [-0.2, 0) is 9.84 Å². The first-order valence-electron chi connectivity index (χ1n) is 5.82. The van der Waals surface area contributed by atoms with Crippen molar-refractivity contribution in [2.45, 2.75) is 31.6 Å². The Morgan fingerprint density at radius 1 is 1.11 bits per heavy atom. The van der Waals surface area contributed by atoms with Crippen molar-refractivity contribution in [3.05, 3.63) is 46.4 Å². The lowest BCUT2D eigenvalue weighted by atomic mass is 10.1. The summed E-state index contributed by atoms with van der Waals surface area (Å²) in [4.78, 5) is 0.371. The Hall–Kier alpha value is -1.55. The van der Waals surface area contributed by atoms with Gasteiger partial charge in [-0.05, 0) is 50.5 Å². The van der Waals surface area contributed by atoms with E-state index in [2.05, 4.69) is 0 Å². The van der Waals surface area contributed by atoms with Crippen molar-refractivity contribution < 1.29 is 13.5 Å². The molecule has 0 saturated heterocycles. The van der Waals surface area contributed by atoms with Crippen LogP contribution in [0.2, 0.25) is 0 Å². The summed E-state index contributed by atoms with van der Waals surface area (Å²) in [5.41, 5.74) is 1.98. The van der Waals surface area contributed by atoms with E-state index in [4.69, 9.17) is 0 Å². The molecule has 1 N–H and O–H groups in total. The number of phenols is 1. The van der Waals surface area contributed by atoms with E-state index in [-0.39, 0.29) is 10.6 Å². The first kappa shape index (κ1) is 12.9. The van der Waals surface area contributed by atoms with E-state index in [1.807, 2.05) is 13.0 Å². The van der Waals surface area contributed by atoms with Crippen molar-refractivity contribution in [2.24, 2.45) is 0 Å². The van der Waals surface area contributed by atoms with E-state index >= 15 is 0 Å². The Balaban J connectivity index is 2.52. The summed E-state index contributed by atoms with van der Waals surface area (Å²) in [6, 6.07) is 4.62. The molecule has 1 aromatic carbocycles. The van der Waals surface area contributed by atoms with Gasteiger partial charge < -0.3 is 5.11 Å². The van der Waals surface area contributed by atoms with E-state index in [9.17, 15) is 13.5 Å². The molecule has 2 rings (SSSR count). The monoisotopic (exact) mass is 264 g/mol. The van der Waals surface area contributed by atoms with Crippen molar-refractivity contribution in [1.82, 2.24) is 0 Å². The van der Waals surface area contributed by atoms with Gasteiger partial charge >= 0.3 is 0 Å². The van der Waals surface area contributed by atoms with Gasteiger partial charge in [-0.3, -0.25) is 0 Å². The summed E-state index contributed by atoms with van der Waals surface area (Å²) in [5.74, 6) is -0.187. The van der Waals surface area contributed by atoms with Gasteiger partial charge in [-0.2, -0.15) is 0 Å². The van der Waals surface area contributed by atoms with Crippen LogP contribution >= 0.6 is 0 Å². The minimum atomic E-state index is -3.57. The smallest absolute Gasteiger partial charge is 0.206 e. The largest absolute Gasteiger partial charge is 0.507 e. The van der Waals surface area contributed by atoms with Gasteiger partial charge in [0.1, 0.15) is 10.6 Å². The van der Waals surface area contributed by atoms with Gasteiger partial charge in [-0.25, -0.2) is 8.42 Å². The maximum absolute atomic E-state index is 12.4. The molecule has 96 valence electrons. The second-order valence-electron chi connectivity index (χ2n) is 4.62. The van der Waals surface area contributed by atoms with E-state index in [0.29, 0.717) is 11.3 Å². The molecule has 0 amide bonds. The highest BCUT2D eigenvalue weighted by Gasteiger charge is 2.24. The van der Waals surface area contributed by atoms with Crippen LogP contribution in [0.25, 0.3) is 0 Å². The molecule has 0 radical (unpaired) electrons. The number of aryl methyl sites for hydroxylation is 1. The first-order chi connectivity index (χ1) is 8.41. The average molecular weight is 264 g/mol. The van der Waals surface area contributed by atoms with E-state index in [1.54, 1.807) is 19.1 Å². The van der Waals surface area contributed by atoms with E-state index < -0.39 is 9.84 Å². The fourth-order valence-corrected chi connectivity index (χ4v) is 3.51. The van der Waals surface area contributed by atoms with Crippen LogP contribution in [-0.4, -0.2) is 13.5 Å². The zero-order valence-corrected chi connectivity index (χ0v) is 11.3. The number of allylic oxidation sites excluding steroid dienone is 4. The maximum atomic E-state index is 12.4. The lowest BCUT2D eigenvalue weighted by Crippen LogP contribution is -2.07. The van der Waals surface area contributed by atoms with Gasteiger partial charge in [0.25, 0.3) is 0 Å². The van der Waals surface area contributed by atoms with Crippen molar-refractivity contribution in [3.63, 3.8) is 0 Å². The summed E-state index contributed by atoms with van der Waals surface area (Å²) in [6.07, 6.45) is 4.70. The van der Waals surface area contributed by atoms with Crippen molar-refractivity contribution in [2.75, 3.05) is 0 Å². The molecular weight excluding hydrogens is 248 g/mol. The Kier molecular flexibility index (Phi) is 3.30. The van der Waals surface area contributed by atoms with Crippen LogP contribution in [0.3, 0.4) is 0 Å². The Labute approximate surface area is 107 Å². The van der Waals surface area contributed by atoms with Gasteiger partial charge in [0.2, 0.25) is 9.84 Å². The third kappa shape index (κ3) is 2.34. The summed E-state index contributed by atoms with van der Waals surface area (Å²) in [7, 11) is -3.57. The number of benzene rings is 1. The minimum absolute atomic E-state index is 0.00158. The summed E-state index contributed by atoms with van der Waals surface area (Å²) in [5, 5.41) is 9.73. The van der Waals surface area contributed by atoms with Gasteiger partial charge in [0, 0.05) is 4.91 Å². The SMILES string of the molecule is CC1=CC=C(S(=O)(=O)c2cc(C)ccc2O)CC1. The van der Waals surface area contributed by atoms with Gasteiger partial charge in [-0.1, -0.05) is 17.7 Å². The lowest BCUT2D eigenvalue weighted by Gasteiger charge is -2.14. The average Bonchev–Trinajstić information content (AvgIpc) is 2.32. The van der Waals surface area contributed by atoms with Crippen LogP contribution in [0, 0.1) is 6.92 Å². The van der Waals surface area contributed by atoms with Gasteiger partial charge in [0.15, 0.2) is 0 Å². The molecule has 1 aromatic rings. The zero-order chi connectivity index (χ0) is 13.3. The predicted molar refractivity (Wildman–Crippen MR) is 71.1 cm³/mol. The maximum Gasteiger partial charge on any atom is 0.206 e. The molecule has 0 fully saturated rings. The molecular formula is C14H16O3S. The van der Waals surface area contributed by atoms with E-state index in [0.717, 1.165) is 12.0 Å². The van der Waals surface area contributed by atoms with Crippen molar-refractivity contribution in [1.29, 1.82) is 0 Å². The van der Waals surface area contributed by atoms with Gasteiger partial charge in [0.05, 0.1) is 0 Å². The molecule has 4 heteroatoms. The molecule has 18 heavy (non-hydrogen) atoms. The number of hydrogen-bond acceptors (Lipinski definition) is 3. The molecule has 0 aliphatic heterocycles. The molecule has 0 unspecified atom stereocenters. The molecule has 0 spiro atoms. The third-order valence-electron chi connectivity index (χ3n) is 3.07. The first-order valence-corrected chi connectivity index (χ1v) is 7.30. The Morgan fingerprint density at radius 2 is 1.83 bits per heavy atom. The van der Waals surface area contributed by atoms with Gasteiger partial charge in [-0.15, -0.1) is 0 Å². The lowest BCUT2D eigenvalue weighted by molar-refractivity contribution is 0.459. The molecule has 0 saturated carbocycles. The number of hydrogen-bond donors (Lipinski definition) is 1. The highest BCUT2D eigenvalue weighted by atomic mass is 32.2. The molecule has 1 aliphatic carbocycles. The van der Waals surface area contributed by atoms with Crippen molar-refractivity contribution in [3.8, 4) is 5.75 Å². The number of rotatable bonds is 2. The summed E-state index contributed by atoms with van der Waals surface area (Å²) >= 11 is 0. The second-order valence-corrected chi connectivity index (χ2v) is 6.59. The fraction of sp³-hybridized carbons (Fsp3) is 0.286. The summed E-state index contributed by atoms with van der Waals surface area (Å²) < 4.78 is 24.8. The van der Waals surface area contributed by atoms with E-state index in [1.165, 1.54) is 17.7 Å². The quantitative estimate of drug-likeness (QED) is 0.893. The van der Waals surface area contributed by atoms with Crippen LogP contribution < -0.4 is 0 Å². The van der Waals surface area contributed by atoms with Crippen LogP contribution in [0.5, 0.6) is 5.75 Å². The zero-order valence-electron chi connectivity index (χ0n) is 10.5. The topological polar surface area (TPSA) is 54.4 Å². The molecule has 0 bridgehead atoms. The summed E-state index contributed by atoms with van der Waals surface area (Å²) in [6.45, 7) is 3.78. The molecule has 0 heterocycles. The Bertz CT molecular complexity index is 637. The van der Waals surface area contributed by atoms with Crippen LogP contribution in [0.15, 0.2) is 45.7 Å². The van der Waals surface area contributed by atoms with Crippen LogP contribution in [0.4, 0.5) is 0 Å². The molecule has 0 atom stereocenters. The molecule has 0 aromatic heterocycles. The minimum Gasteiger partial charge on any atom is -0.507 e. The standard InChI is InChI=1S/C14H16O3S/c1-10-3-6-12(7-4-10)18(16,17)14-9-11(2)5-8-13(14)15/h3,5-6,8-9,15H,4,7H2,1-2H3. The predicted octanol–water partition coefficient (Wildman–Crippen LogP) is 3.10. The highest BCUT2D eigenvalue weighted by Crippen LogP contribution is 2.32.